The minimum atomic E-state index is 0.586. The van der Waals surface area contributed by atoms with Crippen molar-refractivity contribution < 1.29 is 0 Å². The van der Waals surface area contributed by atoms with Crippen molar-refractivity contribution in [1.29, 1.82) is 0 Å². The van der Waals surface area contributed by atoms with Gasteiger partial charge in [-0.2, -0.15) is 0 Å². The lowest BCUT2D eigenvalue weighted by molar-refractivity contribution is 1.15. The Bertz CT molecular complexity index is 334. The lowest BCUT2D eigenvalue weighted by atomic mass is 10.1. The summed E-state index contributed by atoms with van der Waals surface area (Å²) in [6.07, 6.45) is 2.06. The normalized spacial score (nSPS) is 11.8. The van der Waals surface area contributed by atoms with Crippen molar-refractivity contribution in [3.63, 3.8) is 0 Å². The van der Waals surface area contributed by atoms with Gasteiger partial charge in [0.15, 0.2) is 0 Å². The van der Waals surface area contributed by atoms with Crippen LogP contribution in [-0.2, 0) is 0 Å². The van der Waals surface area contributed by atoms with Crippen LogP contribution in [0, 0.1) is 3.57 Å². The number of benzene rings is 1. The first-order chi connectivity index (χ1) is 6.13. The molecule has 1 aromatic carbocycles. The molecule has 0 aliphatic heterocycles. The third kappa shape index (κ3) is 3.29. The standard InChI is InChI=1S/C10H11ClIN/c1-7(6-13)4-8-5-9(11)2-3-10(8)12/h2-5H,6,13H2,1H3/b7-4-. The average Bonchev–Trinajstić information content (AvgIpc) is 2.11. The SMILES string of the molecule is C/C(=C/c1cc(Cl)ccc1I)CN. The summed E-state index contributed by atoms with van der Waals surface area (Å²) in [5, 5.41) is 0.761. The predicted molar refractivity (Wildman–Crippen MR) is 66.9 cm³/mol. The Labute approximate surface area is 97.1 Å². The van der Waals surface area contributed by atoms with E-state index in [0.717, 1.165) is 16.2 Å². The zero-order chi connectivity index (χ0) is 9.84. The first-order valence-electron chi connectivity index (χ1n) is 3.96. The lowest BCUT2D eigenvalue weighted by Gasteiger charge is -2.01. The lowest BCUT2D eigenvalue weighted by Crippen LogP contribution is -1.99. The average molecular weight is 308 g/mol. The molecular formula is C10H11ClIN. The largest absolute Gasteiger partial charge is 0.327 e. The van der Waals surface area contributed by atoms with Crippen LogP contribution in [0.2, 0.25) is 5.02 Å². The van der Waals surface area contributed by atoms with Gasteiger partial charge in [0.05, 0.1) is 0 Å². The molecule has 0 aromatic heterocycles. The van der Waals surface area contributed by atoms with E-state index in [-0.39, 0.29) is 0 Å². The predicted octanol–water partition coefficient (Wildman–Crippen LogP) is 3.31. The summed E-state index contributed by atoms with van der Waals surface area (Å²) in [5.41, 5.74) is 7.79. The van der Waals surface area contributed by atoms with Gasteiger partial charge < -0.3 is 5.73 Å². The molecule has 0 spiro atoms. The third-order valence-corrected chi connectivity index (χ3v) is 2.90. The molecule has 0 unspecified atom stereocenters. The van der Waals surface area contributed by atoms with E-state index >= 15 is 0 Å². The van der Waals surface area contributed by atoms with Crippen molar-refractivity contribution in [3.05, 3.63) is 37.9 Å². The third-order valence-electron chi connectivity index (χ3n) is 1.68. The Kier molecular flexibility index (Phi) is 4.22. The molecule has 0 aliphatic rings. The van der Waals surface area contributed by atoms with Gasteiger partial charge in [0.1, 0.15) is 0 Å². The summed E-state index contributed by atoms with van der Waals surface area (Å²) in [4.78, 5) is 0. The van der Waals surface area contributed by atoms with E-state index in [2.05, 4.69) is 28.7 Å². The highest BCUT2D eigenvalue weighted by molar-refractivity contribution is 14.1. The molecule has 0 bridgehead atoms. The maximum absolute atomic E-state index is 5.88. The van der Waals surface area contributed by atoms with Gasteiger partial charge in [0.2, 0.25) is 0 Å². The van der Waals surface area contributed by atoms with E-state index in [0.29, 0.717) is 6.54 Å². The quantitative estimate of drug-likeness (QED) is 0.834. The molecule has 0 saturated heterocycles. The van der Waals surface area contributed by atoms with Crippen LogP contribution in [0.5, 0.6) is 0 Å². The number of rotatable bonds is 2. The van der Waals surface area contributed by atoms with E-state index in [1.165, 1.54) is 3.57 Å². The molecule has 0 aliphatic carbocycles. The van der Waals surface area contributed by atoms with Crippen LogP contribution >= 0.6 is 34.2 Å². The highest BCUT2D eigenvalue weighted by Crippen LogP contribution is 2.20. The van der Waals surface area contributed by atoms with Gasteiger partial charge in [-0.05, 0) is 53.3 Å². The van der Waals surface area contributed by atoms with E-state index in [9.17, 15) is 0 Å². The topological polar surface area (TPSA) is 26.0 Å². The zero-order valence-corrected chi connectivity index (χ0v) is 10.3. The van der Waals surface area contributed by atoms with E-state index < -0.39 is 0 Å². The maximum Gasteiger partial charge on any atom is 0.0412 e. The molecule has 0 amide bonds. The van der Waals surface area contributed by atoms with Crippen molar-refractivity contribution in [2.75, 3.05) is 6.54 Å². The van der Waals surface area contributed by atoms with Gasteiger partial charge in [0, 0.05) is 15.1 Å². The minimum Gasteiger partial charge on any atom is -0.327 e. The van der Waals surface area contributed by atoms with Crippen molar-refractivity contribution in [3.8, 4) is 0 Å². The summed E-state index contributed by atoms with van der Waals surface area (Å²) in [6, 6.07) is 5.83. The molecule has 0 fully saturated rings. The van der Waals surface area contributed by atoms with Crippen LogP contribution in [-0.4, -0.2) is 6.54 Å². The molecule has 1 aromatic rings. The molecule has 0 saturated carbocycles. The Morgan fingerprint density at radius 2 is 2.31 bits per heavy atom. The molecule has 1 rings (SSSR count). The summed E-state index contributed by atoms with van der Waals surface area (Å²) in [6.45, 7) is 2.60. The Hall–Kier alpha value is -0.0600. The van der Waals surface area contributed by atoms with Gasteiger partial charge in [0.25, 0.3) is 0 Å². The molecule has 70 valence electrons. The summed E-state index contributed by atoms with van der Waals surface area (Å²) in [7, 11) is 0. The van der Waals surface area contributed by atoms with Crippen LogP contribution in [0.3, 0.4) is 0 Å². The molecule has 13 heavy (non-hydrogen) atoms. The Morgan fingerprint density at radius 3 is 2.92 bits per heavy atom. The van der Waals surface area contributed by atoms with Crippen molar-refractivity contribution >= 4 is 40.3 Å². The van der Waals surface area contributed by atoms with Crippen LogP contribution in [0.4, 0.5) is 0 Å². The highest BCUT2D eigenvalue weighted by atomic mass is 127. The second-order valence-electron chi connectivity index (χ2n) is 2.86. The Balaban J connectivity index is 3.07. The molecule has 0 heterocycles. The van der Waals surface area contributed by atoms with E-state index in [1.54, 1.807) is 0 Å². The second-order valence-corrected chi connectivity index (χ2v) is 4.46. The van der Waals surface area contributed by atoms with Crippen molar-refractivity contribution in [1.82, 2.24) is 0 Å². The summed E-state index contributed by atoms with van der Waals surface area (Å²) >= 11 is 8.16. The van der Waals surface area contributed by atoms with Gasteiger partial charge >= 0.3 is 0 Å². The minimum absolute atomic E-state index is 0.586. The van der Waals surface area contributed by atoms with Gasteiger partial charge in [-0.1, -0.05) is 23.3 Å². The molecule has 0 radical (unpaired) electrons. The number of hydrogen-bond acceptors (Lipinski definition) is 1. The van der Waals surface area contributed by atoms with Crippen LogP contribution < -0.4 is 5.73 Å². The van der Waals surface area contributed by atoms with E-state index in [4.69, 9.17) is 17.3 Å². The summed E-state index contributed by atoms with van der Waals surface area (Å²) < 4.78 is 1.19. The number of nitrogens with two attached hydrogens (primary N) is 1. The molecule has 1 nitrogen and oxygen atoms in total. The summed E-state index contributed by atoms with van der Waals surface area (Å²) in [5.74, 6) is 0. The fourth-order valence-electron chi connectivity index (χ4n) is 0.950. The fraction of sp³-hybridized carbons (Fsp3) is 0.200. The maximum atomic E-state index is 5.88. The van der Waals surface area contributed by atoms with Crippen molar-refractivity contribution in [2.45, 2.75) is 6.92 Å². The van der Waals surface area contributed by atoms with E-state index in [1.807, 2.05) is 25.1 Å². The first kappa shape index (κ1) is 11.0. The molecule has 2 N–H and O–H groups in total. The zero-order valence-electron chi connectivity index (χ0n) is 7.35. The smallest absolute Gasteiger partial charge is 0.0412 e. The number of hydrogen-bond donors (Lipinski definition) is 1. The molecule has 3 heteroatoms. The van der Waals surface area contributed by atoms with Crippen LogP contribution in [0.15, 0.2) is 23.8 Å². The monoisotopic (exact) mass is 307 g/mol. The molecular weight excluding hydrogens is 296 g/mol. The Morgan fingerprint density at radius 1 is 1.62 bits per heavy atom. The van der Waals surface area contributed by atoms with Gasteiger partial charge in [-0.25, -0.2) is 0 Å². The van der Waals surface area contributed by atoms with Crippen LogP contribution in [0.1, 0.15) is 12.5 Å². The van der Waals surface area contributed by atoms with Crippen molar-refractivity contribution in [2.24, 2.45) is 5.73 Å². The second kappa shape index (κ2) is 4.98. The highest BCUT2D eigenvalue weighted by Gasteiger charge is 1.97. The van der Waals surface area contributed by atoms with Gasteiger partial charge in [-0.3, -0.25) is 0 Å². The first-order valence-corrected chi connectivity index (χ1v) is 5.41. The van der Waals surface area contributed by atoms with Crippen LogP contribution in [0.25, 0.3) is 6.08 Å². The fourth-order valence-corrected chi connectivity index (χ4v) is 1.62. The number of halogens is 2. The molecule has 0 atom stereocenters. The van der Waals surface area contributed by atoms with Gasteiger partial charge in [-0.15, -0.1) is 0 Å².